The monoisotopic (exact) mass is 232 g/mol. The number of halogens is 1. The van der Waals surface area contributed by atoms with Crippen LogP contribution in [-0.4, -0.2) is 18.0 Å². The highest BCUT2D eigenvalue weighted by Gasteiger charge is 2.40. The molecule has 1 heterocycles. The molecule has 0 bridgehead atoms. The summed E-state index contributed by atoms with van der Waals surface area (Å²) in [6, 6.07) is 0. The van der Waals surface area contributed by atoms with E-state index in [9.17, 15) is 0 Å². The van der Waals surface area contributed by atoms with Crippen molar-refractivity contribution in [2.45, 2.75) is 32.8 Å². The zero-order chi connectivity index (χ0) is 9.19. The number of ether oxygens (including phenoxy) is 1. The van der Waals surface area contributed by atoms with Crippen LogP contribution in [0.1, 0.15) is 26.7 Å². The summed E-state index contributed by atoms with van der Waals surface area (Å²) in [5.74, 6) is 0. The third-order valence-electron chi connectivity index (χ3n) is 2.75. The van der Waals surface area contributed by atoms with Crippen molar-refractivity contribution in [1.29, 1.82) is 0 Å². The zero-order valence-corrected chi connectivity index (χ0v) is 9.49. The Labute approximate surface area is 83.3 Å². The van der Waals surface area contributed by atoms with Crippen molar-refractivity contribution in [3.8, 4) is 0 Å². The molecule has 0 aromatic rings. The van der Waals surface area contributed by atoms with E-state index in [1.54, 1.807) is 0 Å². The third-order valence-corrected chi connectivity index (χ3v) is 3.87. The van der Waals surface area contributed by atoms with Crippen LogP contribution < -0.4 is 0 Å². The second kappa shape index (κ2) is 3.93. The van der Waals surface area contributed by atoms with Gasteiger partial charge < -0.3 is 4.74 Å². The fourth-order valence-electron chi connectivity index (χ4n) is 1.87. The van der Waals surface area contributed by atoms with Crippen LogP contribution in [0.15, 0.2) is 12.2 Å². The first-order valence-corrected chi connectivity index (χ1v) is 5.55. The highest BCUT2D eigenvalue weighted by atomic mass is 79.9. The van der Waals surface area contributed by atoms with Crippen LogP contribution in [0, 0.1) is 5.41 Å². The van der Waals surface area contributed by atoms with Crippen LogP contribution in [0.3, 0.4) is 0 Å². The lowest BCUT2D eigenvalue weighted by Gasteiger charge is -2.30. The van der Waals surface area contributed by atoms with Gasteiger partial charge in [0.05, 0.1) is 6.10 Å². The standard InChI is InChI=1S/C10H17BrO/c1-8(2)6-10(7-11)4-5-12-9(10)3/h9H,1,4-7H2,2-3H3. The number of rotatable bonds is 3. The Morgan fingerprint density at radius 2 is 2.42 bits per heavy atom. The second-order valence-corrected chi connectivity index (χ2v) is 4.45. The Hall–Kier alpha value is 0.180. The molecule has 1 aliphatic rings. The van der Waals surface area contributed by atoms with E-state index in [1.807, 2.05) is 0 Å². The van der Waals surface area contributed by atoms with E-state index >= 15 is 0 Å². The number of alkyl halides is 1. The van der Waals surface area contributed by atoms with Crippen molar-refractivity contribution in [3.05, 3.63) is 12.2 Å². The third kappa shape index (κ3) is 1.91. The smallest absolute Gasteiger partial charge is 0.0615 e. The molecule has 0 radical (unpaired) electrons. The maximum absolute atomic E-state index is 5.59. The van der Waals surface area contributed by atoms with Gasteiger partial charge in [0.15, 0.2) is 0 Å². The molecule has 70 valence electrons. The lowest BCUT2D eigenvalue weighted by Crippen LogP contribution is -2.30. The number of hydrogen-bond acceptors (Lipinski definition) is 1. The summed E-state index contributed by atoms with van der Waals surface area (Å²) >= 11 is 3.58. The molecular formula is C10H17BrO. The van der Waals surface area contributed by atoms with Crippen molar-refractivity contribution >= 4 is 15.9 Å². The van der Waals surface area contributed by atoms with Gasteiger partial charge in [-0.25, -0.2) is 0 Å². The van der Waals surface area contributed by atoms with Crippen LogP contribution in [0.2, 0.25) is 0 Å². The topological polar surface area (TPSA) is 9.23 Å². The maximum atomic E-state index is 5.59. The van der Waals surface area contributed by atoms with Gasteiger partial charge in [0.2, 0.25) is 0 Å². The fourth-order valence-corrected chi connectivity index (χ4v) is 2.81. The van der Waals surface area contributed by atoms with Crippen molar-refractivity contribution in [1.82, 2.24) is 0 Å². The number of allylic oxidation sites excluding steroid dienone is 1. The minimum Gasteiger partial charge on any atom is -0.378 e. The molecule has 1 rings (SSSR count). The summed E-state index contributed by atoms with van der Waals surface area (Å²) in [5.41, 5.74) is 1.57. The summed E-state index contributed by atoms with van der Waals surface area (Å²) in [6.45, 7) is 9.13. The van der Waals surface area contributed by atoms with Crippen molar-refractivity contribution in [2.24, 2.45) is 5.41 Å². The van der Waals surface area contributed by atoms with E-state index in [1.165, 1.54) is 5.57 Å². The number of hydrogen-bond donors (Lipinski definition) is 0. The molecule has 1 saturated heterocycles. The predicted octanol–water partition coefficient (Wildman–Crippen LogP) is 3.14. The molecule has 2 unspecified atom stereocenters. The van der Waals surface area contributed by atoms with Gasteiger partial charge in [-0.15, -0.1) is 6.58 Å². The predicted molar refractivity (Wildman–Crippen MR) is 55.7 cm³/mol. The molecule has 0 amide bonds. The molecule has 1 nitrogen and oxygen atoms in total. The van der Waals surface area contributed by atoms with Crippen molar-refractivity contribution < 1.29 is 4.74 Å². The van der Waals surface area contributed by atoms with Crippen LogP contribution in [0.4, 0.5) is 0 Å². The molecule has 0 spiro atoms. The van der Waals surface area contributed by atoms with Gasteiger partial charge in [-0.05, 0) is 26.7 Å². The van der Waals surface area contributed by atoms with Gasteiger partial charge in [-0.3, -0.25) is 0 Å². The molecule has 0 aliphatic carbocycles. The first-order chi connectivity index (χ1) is 5.60. The summed E-state index contributed by atoms with van der Waals surface area (Å²) in [7, 11) is 0. The van der Waals surface area contributed by atoms with E-state index < -0.39 is 0 Å². The Balaban J connectivity index is 2.67. The Morgan fingerprint density at radius 1 is 1.75 bits per heavy atom. The van der Waals surface area contributed by atoms with Gasteiger partial charge >= 0.3 is 0 Å². The summed E-state index contributed by atoms with van der Waals surface area (Å²) in [5, 5.41) is 1.02. The SMILES string of the molecule is C=C(C)CC1(CBr)CCOC1C. The Kier molecular flexibility index (Phi) is 3.36. The highest BCUT2D eigenvalue weighted by molar-refractivity contribution is 9.09. The average molecular weight is 233 g/mol. The average Bonchev–Trinajstić information content (AvgIpc) is 2.32. The minimum absolute atomic E-state index is 0.311. The normalized spacial score (nSPS) is 35.4. The van der Waals surface area contributed by atoms with Crippen LogP contribution >= 0.6 is 15.9 Å². The van der Waals surface area contributed by atoms with Crippen molar-refractivity contribution in [3.63, 3.8) is 0 Å². The van der Waals surface area contributed by atoms with Gasteiger partial charge in [0, 0.05) is 17.4 Å². The molecule has 0 aromatic carbocycles. The molecular weight excluding hydrogens is 216 g/mol. The van der Waals surface area contributed by atoms with Gasteiger partial charge in [0.1, 0.15) is 0 Å². The van der Waals surface area contributed by atoms with Crippen LogP contribution in [-0.2, 0) is 4.74 Å². The molecule has 0 aromatic heterocycles. The van der Waals surface area contributed by atoms with E-state index in [2.05, 4.69) is 36.4 Å². The first-order valence-electron chi connectivity index (χ1n) is 4.43. The lowest BCUT2D eigenvalue weighted by molar-refractivity contribution is 0.0747. The zero-order valence-electron chi connectivity index (χ0n) is 7.90. The molecule has 1 fully saturated rings. The van der Waals surface area contributed by atoms with Crippen molar-refractivity contribution in [2.75, 3.05) is 11.9 Å². The molecule has 2 heteroatoms. The molecule has 0 N–H and O–H groups in total. The molecule has 2 atom stereocenters. The summed E-state index contributed by atoms with van der Waals surface area (Å²) in [6.07, 6.45) is 2.61. The minimum atomic E-state index is 0.311. The van der Waals surface area contributed by atoms with Gasteiger partial charge in [0.25, 0.3) is 0 Å². The van der Waals surface area contributed by atoms with E-state index in [0.717, 1.165) is 24.8 Å². The quantitative estimate of drug-likeness (QED) is 0.537. The molecule has 0 saturated carbocycles. The maximum Gasteiger partial charge on any atom is 0.0615 e. The van der Waals surface area contributed by atoms with E-state index in [-0.39, 0.29) is 0 Å². The van der Waals surface area contributed by atoms with Gasteiger partial charge in [-0.2, -0.15) is 0 Å². The summed E-state index contributed by atoms with van der Waals surface area (Å²) in [4.78, 5) is 0. The molecule has 12 heavy (non-hydrogen) atoms. The highest BCUT2D eigenvalue weighted by Crippen LogP contribution is 2.41. The summed E-state index contributed by atoms with van der Waals surface area (Å²) < 4.78 is 5.59. The fraction of sp³-hybridized carbons (Fsp3) is 0.800. The first kappa shape index (κ1) is 10.3. The second-order valence-electron chi connectivity index (χ2n) is 3.89. The van der Waals surface area contributed by atoms with Crippen LogP contribution in [0.5, 0.6) is 0 Å². The molecule has 1 aliphatic heterocycles. The lowest BCUT2D eigenvalue weighted by atomic mass is 9.79. The Bertz CT molecular complexity index is 179. The van der Waals surface area contributed by atoms with Gasteiger partial charge in [-0.1, -0.05) is 21.5 Å². The Morgan fingerprint density at radius 3 is 2.75 bits per heavy atom. The van der Waals surface area contributed by atoms with E-state index in [4.69, 9.17) is 4.74 Å². The largest absolute Gasteiger partial charge is 0.378 e. The van der Waals surface area contributed by atoms with Crippen LogP contribution in [0.25, 0.3) is 0 Å². The van der Waals surface area contributed by atoms with E-state index in [0.29, 0.717) is 11.5 Å².